The summed E-state index contributed by atoms with van der Waals surface area (Å²) >= 11 is 0. The Morgan fingerprint density at radius 1 is 1.06 bits per heavy atom. The van der Waals surface area contributed by atoms with Crippen LogP contribution in [0.5, 0.6) is 0 Å². The first kappa shape index (κ1) is 11.0. The number of rotatable bonds is 1. The van der Waals surface area contributed by atoms with E-state index in [2.05, 4.69) is 0 Å². The molecule has 0 heterocycles. The topological polar surface area (TPSA) is 57.5 Å². The zero-order valence-electron chi connectivity index (χ0n) is 9.84. The van der Waals surface area contributed by atoms with Crippen molar-refractivity contribution in [1.29, 1.82) is 0 Å². The maximum absolute atomic E-state index is 11.0. The second-order valence-electron chi connectivity index (χ2n) is 4.68. The van der Waals surface area contributed by atoms with Crippen LogP contribution in [0.3, 0.4) is 0 Å². The first-order valence-electron chi connectivity index (χ1n) is 5.72. The van der Waals surface area contributed by atoms with Crippen molar-refractivity contribution < 1.29 is 15.0 Å². The molecule has 0 saturated heterocycles. The second-order valence-corrected chi connectivity index (χ2v) is 4.68. The lowest BCUT2D eigenvalue weighted by Gasteiger charge is -2.20. The van der Waals surface area contributed by atoms with Gasteiger partial charge in [-0.3, -0.25) is 0 Å². The maximum atomic E-state index is 11.0. The number of carbonyl (C=O) groups is 1. The number of carboxylic acids is 1. The molecule has 90 valence electrons. The number of aromatic carboxylic acids is 1. The van der Waals surface area contributed by atoms with Crippen molar-refractivity contribution in [1.82, 2.24) is 0 Å². The van der Waals surface area contributed by atoms with Gasteiger partial charge in [-0.1, -0.05) is 30.3 Å². The Balaban J connectivity index is 2.31. The Bertz CT molecular complexity index is 657. The van der Waals surface area contributed by atoms with Crippen LogP contribution in [0.1, 0.15) is 28.4 Å². The van der Waals surface area contributed by atoms with Gasteiger partial charge in [0.15, 0.2) is 0 Å². The van der Waals surface area contributed by atoms with E-state index in [4.69, 9.17) is 5.11 Å². The molecule has 0 saturated carbocycles. The van der Waals surface area contributed by atoms with Gasteiger partial charge in [-0.2, -0.15) is 0 Å². The molecule has 3 nitrogen and oxygen atoms in total. The van der Waals surface area contributed by atoms with E-state index in [0.29, 0.717) is 5.56 Å². The fraction of sp³-hybridized carbons (Fsp3) is 0.133. The van der Waals surface area contributed by atoms with Gasteiger partial charge in [-0.05, 0) is 41.3 Å². The SMILES string of the molecule is CC1(O)c2ccccc2-c2ccc(C(=O)O)cc21. The van der Waals surface area contributed by atoms with E-state index in [9.17, 15) is 9.90 Å². The number of carboxylic acid groups (broad SMARTS) is 1. The molecule has 2 N–H and O–H groups in total. The summed E-state index contributed by atoms with van der Waals surface area (Å²) in [5.41, 5.74) is 2.42. The van der Waals surface area contributed by atoms with Crippen molar-refractivity contribution in [3.63, 3.8) is 0 Å². The van der Waals surface area contributed by atoms with Gasteiger partial charge in [0.1, 0.15) is 5.60 Å². The third-order valence-corrected chi connectivity index (χ3v) is 3.53. The van der Waals surface area contributed by atoms with Gasteiger partial charge in [0, 0.05) is 0 Å². The molecule has 0 bridgehead atoms. The standard InChI is InChI=1S/C15H12O3/c1-15(18)12-5-3-2-4-10(12)11-7-6-9(14(16)17)8-13(11)15/h2-8,18H,1H3,(H,16,17). The summed E-state index contributed by atoms with van der Waals surface area (Å²) in [6.07, 6.45) is 0. The number of hydrogen-bond acceptors (Lipinski definition) is 2. The van der Waals surface area contributed by atoms with Crippen molar-refractivity contribution >= 4 is 5.97 Å². The van der Waals surface area contributed by atoms with Gasteiger partial charge in [-0.25, -0.2) is 4.79 Å². The largest absolute Gasteiger partial charge is 0.478 e. The van der Waals surface area contributed by atoms with Crippen LogP contribution in [0.4, 0.5) is 0 Å². The molecule has 0 spiro atoms. The van der Waals surface area contributed by atoms with Crippen LogP contribution in [0.15, 0.2) is 42.5 Å². The van der Waals surface area contributed by atoms with E-state index in [1.807, 2.05) is 24.3 Å². The van der Waals surface area contributed by atoms with Crippen LogP contribution in [0.2, 0.25) is 0 Å². The molecule has 0 amide bonds. The van der Waals surface area contributed by atoms with Gasteiger partial charge in [0.05, 0.1) is 5.56 Å². The van der Waals surface area contributed by atoms with Crippen molar-refractivity contribution in [3.8, 4) is 11.1 Å². The molecule has 2 aromatic carbocycles. The minimum Gasteiger partial charge on any atom is -0.478 e. The highest BCUT2D eigenvalue weighted by Crippen LogP contribution is 2.47. The maximum Gasteiger partial charge on any atom is 0.335 e. The Hall–Kier alpha value is -2.13. The zero-order valence-corrected chi connectivity index (χ0v) is 9.84. The molecule has 0 fully saturated rings. The molecule has 3 heteroatoms. The summed E-state index contributed by atoms with van der Waals surface area (Å²) in [6.45, 7) is 1.70. The van der Waals surface area contributed by atoms with Gasteiger partial charge < -0.3 is 10.2 Å². The molecule has 0 aliphatic heterocycles. The van der Waals surface area contributed by atoms with E-state index >= 15 is 0 Å². The summed E-state index contributed by atoms with van der Waals surface area (Å²) in [6, 6.07) is 12.5. The van der Waals surface area contributed by atoms with Crippen molar-refractivity contribution in [2.45, 2.75) is 12.5 Å². The lowest BCUT2D eigenvalue weighted by atomic mass is 9.93. The number of benzene rings is 2. The summed E-state index contributed by atoms with van der Waals surface area (Å²) in [4.78, 5) is 11.0. The summed E-state index contributed by atoms with van der Waals surface area (Å²) < 4.78 is 0. The predicted octanol–water partition coefficient (Wildman–Crippen LogP) is 2.62. The minimum atomic E-state index is -1.13. The molecule has 3 rings (SSSR count). The zero-order chi connectivity index (χ0) is 12.9. The van der Waals surface area contributed by atoms with E-state index in [1.165, 1.54) is 0 Å². The average Bonchev–Trinajstić information content (AvgIpc) is 2.59. The molecule has 1 unspecified atom stereocenters. The molecular weight excluding hydrogens is 228 g/mol. The van der Waals surface area contributed by atoms with Gasteiger partial charge in [0.2, 0.25) is 0 Å². The van der Waals surface area contributed by atoms with Crippen LogP contribution < -0.4 is 0 Å². The normalized spacial score (nSPS) is 20.3. The monoisotopic (exact) mass is 240 g/mol. The number of aliphatic hydroxyl groups is 1. The van der Waals surface area contributed by atoms with Gasteiger partial charge in [-0.15, -0.1) is 0 Å². The van der Waals surface area contributed by atoms with Gasteiger partial charge in [0.25, 0.3) is 0 Å². The molecule has 0 radical (unpaired) electrons. The third-order valence-electron chi connectivity index (χ3n) is 3.53. The average molecular weight is 240 g/mol. The van der Waals surface area contributed by atoms with Crippen LogP contribution >= 0.6 is 0 Å². The smallest absolute Gasteiger partial charge is 0.335 e. The Labute approximate surface area is 104 Å². The Kier molecular flexibility index (Phi) is 2.10. The fourth-order valence-electron chi connectivity index (χ4n) is 2.60. The van der Waals surface area contributed by atoms with Crippen molar-refractivity contribution in [3.05, 3.63) is 59.2 Å². The van der Waals surface area contributed by atoms with Crippen LogP contribution in [-0.4, -0.2) is 16.2 Å². The molecule has 1 aliphatic carbocycles. The molecule has 0 aromatic heterocycles. The van der Waals surface area contributed by atoms with Crippen molar-refractivity contribution in [2.24, 2.45) is 0 Å². The first-order valence-corrected chi connectivity index (χ1v) is 5.72. The molecule has 2 aromatic rings. The molecule has 18 heavy (non-hydrogen) atoms. The summed E-state index contributed by atoms with van der Waals surface area (Å²) in [5.74, 6) is -0.982. The summed E-state index contributed by atoms with van der Waals surface area (Å²) in [7, 11) is 0. The van der Waals surface area contributed by atoms with E-state index < -0.39 is 11.6 Å². The fourth-order valence-corrected chi connectivity index (χ4v) is 2.60. The second kappa shape index (κ2) is 3.43. The summed E-state index contributed by atoms with van der Waals surface area (Å²) in [5, 5.41) is 19.6. The Morgan fingerprint density at radius 3 is 2.44 bits per heavy atom. The third kappa shape index (κ3) is 1.31. The van der Waals surface area contributed by atoms with Crippen LogP contribution in [-0.2, 0) is 5.60 Å². The van der Waals surface area contributed by atoms with E-state index in [-0.39, 0.29) is 5.56 Å². The first-order chi connectivity index (χ1) is 8.51. The Morgan fingerprint density at radius 2 is 1.72 bits per heavy atom. The minimum absolute atomic E-state index is 0.196. The molecule has 1 aliphatic rings. The predicted molar refractivity (Wildman–Crippen MR) is 67.5 cm³/mol. The van der Waals surface area contributed by atoms with Crippen molar-refractivity contribution in [2.75, 3.05) is 0 Å². The highest BCUT2D eigenvalue weighted by Gasteiger charge is 2.37. The van der Waals surface area contributed by atoms with E-state index in [1.54, 1.807) is 25.1 Å². The highest BCUT2D eigenvalue weighted by molar-refractivity contribution is 5.90. The lowest BCUT2D eigenvalue weighted by Crippen LogP contribution is -2.19. The quantitative estimate of drug-likeness (QED) is 0.805. The number of fused-ring (bicyclic) bond motifs is 3. The van der Waals surface area contributed by atoms with Crippen LogP contribution in [0.25, 0.3) is 11.1 Å². The number of hydrogen-bond donors (Lipinski definition) is 2. The van der Waals surface area contributed by atoms with E-state index in [0.717, 1.165) is 16.7 Å². The van der Waals surface area contributed by atoms with Crippen LogP contribution in [0, 0.1) is 0 Å². The lowest BCUT2D eigenvalue weighted by molar-refractivity contribution is 0.0696. The molecule has 1 atom stereocenters. The highest BCUT2D eigenvalue weighted by atomic mass is 16.4. The van der Waals surface area contributed by atoms with Gasteiger partial charge >= 0.3 is 5.97 Å². The molecular formula is C15H12O3.